The fourth-order valence-electron chi connectivity index (χ4n) is 2.26. The van der Waals surface area contributed by atoms with Gasteiger partial charge in [0.15, 0.2) is 0 Å². The molecule has 0 bridgehead atoms. The minimum atomic E-state index is -1.30. The van der Waals surface area contributed by atoms with Crippen molar-refractivity contribution in [2.24, 2.45) is 0 Å². The van der Waals surface area contributed by atoms with Crippen molar-refractivity contribution in [3.63, 3.8) is 0 Å². The highest BCUT2D eigenvalue weighted by Gasteiger charge is 2.38. The Morgan fingerprint density at radius 1 is 1.42 bits per heavy atom. The highest BCUT2D eigenvalue weighted by atomic mass is 16.5. The molecule has 19 heavy (non-hydrogen) atoms. The molecule has 2 N–H and O–H groups in total. The Morgan fingerprint density at radius 2 is 2.21 bits per heavy atom. The lowest BCUT2D eigenvalue weighted by atomic mass is 9.96. The second-order valence-corrected chi connectivity index (χ2v) is 5.08. The largest absolute Gasteiger partial charge is 0.487 e. The summed E-state index contributed by atoms with van der Waals surface area (Å²) in [5, 5.41) is 20.0. The third-order valence-corrected chi connectivity index (χ3v) is 3.49. The zero-order chi connectivity index (χ0) is 13.6. The average molecular weight is 262 g/mol. The Labute approximate surface area is 109 Å². The summed E-state index contributed by atoms with van der Waals surface area (Å²) in [7, 11) is 0. The summed E-state index contributed by atoms with van der Waals surface area (Å²) in [5.41, 5.74) is -0.327. The molecule has 5 heteroatoms. The molecular weight excluding hydrogens is 248 g/mol. The topological polar surface area (TPSA) is 79.9 Å². The lowest BCUT2D eigenvalue weighted by Gasteiger charge is -2.26. The van der Waals surface area contributed by atoms with Crippen LogP contribution in [0.5, 0.6) is 5.75 Å². The summed E-state index contributed by atoms with van der Waals surface area (Å²) in [5.74, 6) is 0.584. The van der Waals surface area contributed by atoms with E-state index >= 15 is 0 Å². The van der Waals surface area contributed by atoms with Crippen molar-refractivity contribution < 1.29 is 19.4 Å². The molecule has 0 spiro atoms. The minimum Gasteiger partial charge on any atom is -0.487 e. The predicted molar refractivity (Wildman–Crippen MR) is 68.3 cm³/mol. The first kappa shape index (κ1) is 12.2. The van der Waals surface area contributed by atoms with Crippen LogP contribution in [0.2, 0.25) is 0 Å². The molecule has 2 atom stereocenters. The number of ether oxygens (including phenoxy) is 1. The zero-order valence-corrected chi connectivity index (χ0v) is 10.4. The maximum absolute atomic E-state index is 11.2. The molecule has 2 heterocycles. The number of fused-ring (bicyclic) bond motifs is 2. The SMILES string of the molecule is C[C@@](O)(CO)[C@H]1Cc2cc3ccc(=O)oc3cc2O1. The van der Waals surface area contributed by atoms with Gasteiger partial charge >= 0.3 is 5.63 Å². The number of aliphatic hydroxyl groups is 2. The number of hydrogen-bond donors (Lipinski definition) is 2. The van der Waals surface area contributed by atoms with E-state index in [1.807, 2.05) is 6.07 Å². The minimum absolute atomic E-state index is 0.375. The highest BCUT2D eigenvalue weighted by Crippen LogP contribution is 2.35. The molecule has 0 saturated carbocycles. The van der Waals surface area contributed by atoms with Crippen LogP contribution in [-0.2, 0) is 6.42 Å². The van der Waals surface area contributed by atoms with Crippen LogP contribution in [-0.4, -0.2) is 28.5 Å². The van der Waals surface area contributed by atoms with Crippen molar-refractivity contribution in [1.82, 2.24) is 0 Å². The summed E-state index contributed by atoms with van der Waals surface area (Å²) in [6.07, 6.45) is 0.00819. The Hall–Kier alpha value is -1.85. The van der Waals surface area contributed by atoms with Gasteiger partial charge in [0, 0.05) is 23.9 Å². The lowest BCUT2D eigenvalue weighted by molar-refractivity contribution is -0.0729. The van der Waals surface area contributed by atoms with Gasteiger partial charge in [-0.3, -0.25) is 0 Å². The molecule has 0 aliphatic carbocycles. The molecule has 1 aromatic heterocycles. The van der Waals surface area contributed by atoms with Crippen molar-refractivity contribution in [1.29, 1.82) is 0 Å². The fourth-order valence-corrected chi connectivity index (χ4v) is 2.26. The first-order chi connectivity index (χ1) is 8.99. The van der Waals surface area contributed by atoms with Crippen LogP contribution in [0, 0.1) is 0 Å². The van der Waals surface area contributed by atoms with E-state index in [1.165, 1.54) is 13.0 Å². The standard InChI is InChI=1S/C14H14O5/c1-14(17,7-15)12-5-9-4-8-2-3-13(16)19-10(8)6-11(9)18-12/h2-4,6,12,15,17H,5,7H2,1H3/t12-,14-/m1/s1. The second kappa shape index (κ2) is 4.08. The van der Waals surface area contributed by atoms with E-state index in [0.29, 0.717) is 17.8 Å². The van der Waals surface area contributed by atoms with E-state index in [-0.39, 0.29) is 6.61 Å². The Bertz CT molecular complexity index is 686. The van der Waals surface area contributed by atoms with E-state index in [0.717, 1.165) is 10.9 Å². The van der Waals surface area contributed by atoms with Crippen molar-refractivity contribution in [3.05, 3.63) is 40.2 Å². The maximum Gasteiger partial charge on any atom is 0.336 e. The summed E-state index contributed by atoms with van der Waals surface area (Å²) in [6, 6.07) is 6.59. The van der Waals surface area contributed by atoms with Crippen LogP contribution in [0.1, 0.15) is 12.5 Å². The highest BCUT2D eigenvalue weighted by molar-refractivity contribution is 5.79. The molecule has 1 aliphatic heterocycles. The molecule has 5 nitrogen and oxygen atoms in total. The van der Waals surface area contributed by atoms with Crippen LogP contribution in [0.4, 0.5) is 0 Å². The normalized spacial score (nSPS) is 20.9. The number of benzene rings is 1. The number of hydrogen-bond acceptors (Lipinski definition) is 5. The van der Waals surface area contributed by atoms with Crippen molar-refractivity contribution in [3.8, 4) is 5.75 Å². The van der Waals surface area contributed by atoms with Gasteiger partial charge in [-0.1, -0.05) is 0 Å². The average Bonchev–Trinajstić information content (AvgIpc) is 2.79. The third-order valence-electron chi connectivity index (χ3n) is 3.49. The summed E-state index contributed by atoms with van der Waals surface area (Å²) in [6.45, 7) is 1.16. The van der Waals surface area contributed by atoms with Gasteiger partial charge in [0.2, 0.25) is 0 Å². The molecule has 1 aromatic carbocycles. The molecule has 1 aliphatic rings. The first-order valence-electron chi connectivity index (χ1n) is 6.06. The van der Waals surface area contributed by atoms with E-state index in [9.17, 15) is 9.90 Å². The Balaban J connectivity index is 2.04. The fraction of sp³-hybridized carbons (Fsp3) is 0.357. The van der Waals surface area contributed by atoms with Crippen molar-refractivity contribution in [2.45, 2.75) is 25.0 Å². The molecule has 2 aromatic rings. The third kappa shape index (κ3) is 2.01. The van der Waals surface area contributed by atoms with E-state index in [4.69, 9.17) is 14.3 Å². The van der Waals surface area contributed by atoms with Crippen molar-refractivity contribution >= 4 is 11.0 Å². The summed E-state index contributed by atoms with van der Waals surface area (Å²) < 4.78 is 10.7. The smallest absolute Gasteiger partial charge is 0.336 e. The van der Waals surface area contributed by atoms with Gasteiger partial charge in [-0.15, -0.1) is 0 Å². The predicted octanol–water partition coefficient (Wildman–Crippen LogP) is 0.840. The van der Waals surface area contributed by atoms with Gasteiger partial charge < -0.3 is 19.4 Å². The van der Waals surface area contributed by atoms with Crippen LogP contribution in [0.15, 0.2) is 33.5 Å². The molecule has 0 unspecified atom stereocenters. The molecule has 0 amide bonds. The maximum atomic E-state index is 11.2. The van der Waals surface area contributed by atoms with Crippen LogP contribution in [0.3, 0.4) is 0 Å². The van der Waals surface area contributed by atoms with Gasteiger partial charge in [-0.05, 0) is 24.6 Å². The Kier molecular flexibility index (Phi) is 2.62. The number of aliphatic hydroxyl groups excluding tert-OH is 1. The quantitative estimate of drug-likeness (QED) is 0.784. The van der Waals surface area contributed by atoms with Gasteiger partial charge in [0.25, 0.3) is 0 Å². The van der Waals surface area contributed by atoms with Gasteiger partial charge in [-0.25, -0.2) is 4.79 Å². The lowest BCUT2D eigenvalue weighted by Crippen LogP contribution is -2.45. The molecular formula is C14H14O5. The van der Waals surface area contributed by atoms with Gasteiger partial charge in [0.05, 0.1) is 6.61 Å². The van der Waals surface area contributed by atoms with Crippen LogP contribution >= 0.6 is 0 Å². The molecule has 3 rings (SSSR count). The molecule has 0 fully saturated rings. The second-order valence-electron chi connectivity index (χ2n) is 5.08. The van der Waals surface area contributed by atoms with E-state index < -0.39 is 17.3 Å². The summed E-state index contributed by atoms with van der Waals surface area (Å²) in [4.78, 5) is 11.2. The van der Waals surface area contributed by atoms with Crippen LogP contribution < -0.4 is 10.4 Å². The van der Waals surface area contributed by atoms with E-state index in [1.54, 1.807) is 12.1 Å². The van der Waals surface area contributed by atoms with Crippen LogP contribution in [0.25, 0.3) is 11.0 Å². The first-order valence-corrected chi connectivity index (χ1v) is 6.06. The van der Waals surface area contributed by atoms with E-state index in [2.05, 4.69) is 0 Å². The Morgan fingerprint density at radius 3 is 2.95 bits per heavy atom. The summed E-state index contributed by atoms with van der Waals surface area (Å²) >= 11 is 0. The molecule has 0 radical (unpaired) electrons. The molecule has 100 valence electrons. The molecule has 0 saturated heterocycles. The number of rotatable bonds is 2. The zero-order valence-electron chi connectivity index (χ0n) is 10.4. The van der Waals surface area contributed by atoms with Gasteiger partial charge in [0.1, 0.15) is 23.0 Å². The van der Waals surface area contributed by atoms with Crippen molar-refractivity contribution in [2.75, 3.05) is 6.61 Å². The monoisotopic (exact) mass is 262 g/mol. The van der Waals surface area contributed by atoms with Gasteiger partial charge in [-0.2, -0.15) is 0 Å².